The fraction of sp³-hybridized carbons (Fsp3) is 0.174. The van der Waals surface area contributed by atoms with Gasteiger partial charge in [-0.25, -0.2) is 4.98 Å². The van der Waals surface area contributed by atoms with E-state index in [0.29, 0.717) is 35.3 Å². The number of ether oxygens (including phenoxy) is 3. The summed E-state index contributed by atoms with van der Waals surface area (Å²) < 4.78 is 16.2. The van der Waals surface area contributed by atoms with Crippen molar-refractivity contribution >= 4 is 18.1 Å². The van der Waals surface area contributed by atoms with Gasteiger partial charge in [-0.3, -0.25) is 4.79 Å². The van der Waals surface area contributed by atoms with Gasteiger partial charge in [-0.1, -0.05) is 11.8 Å². The first kappa shape index (κ1) is 22.2. The number of carbonyl (C=O) groups excluding carboxylic acids is 1. The largest absolute Gasteiger partial charge is 0.507 e. The fourth-order valence-electron chi connectivity index (χ4n) is 3.16. The molecule has 0 saturated heterocycles. The van der Waals surface area contributed by atoms with E-state index in [0.717, 1.165) is 5.56 Å². The van der Waals surface area contributed by atoms with Gasteiger partial charge >= 0.3 is 0 Å². The molecule has 0 aliphatic rings. The van der Waals surface area contributed by atoms with Gasteiger partial charge in [-0.15, -0.1) is 0 Å². The summed E-state index contributed by atoms with van der Waals surface area (Å²) >= 11 is 0. The number of phenols is 1. The molecule has 164 valence electrons. The van der Waals surface area contributed by atoms with Gasteiger partial charge in [-0.05, 0) is 29.8 Å². The highest BCUT2D eigenvalue weighted by atomic mass is 16.5. The van der Waals surface area contributed by atoms with Gasteiger partial charge in [0.15, 0.2) is 17.8 Å². The summed E-state index contributed by atoms with van der Waals surface area (Å²) in [7, 11) is 4.41. The lowest BCUT2D eigenvalue weighted by Gasteiger charge is -2.13. The molecule has 1 heterocycles. The van der Waals surface area contributed by atoms with Crippen LogP contribution in [0, 0.1) is 11.8 Å². The highest BCUT2D eigenvalue weighted by Crippen LogP contribution is 2.34. The van der Waals surface area contributed by atoms with Gasteiger partial charge in [0.25, 0.3) is 0 Å². The number of nitrogens with two attached hydrogens (primary N) is 2. The van der Waals surface area contributed by atoms with E-state index >= 15 is 0 Å². The van der Waals surface area contributed by atoms with Crippen LogP contribution in [0.5, 0.6) is 23.0 Å². The third-order valence-electron chi connectivity index (χ3n) is 4.67. The van der Waals surface area contributed by atoms with E-state index in [9.17, 15) is 9.90 Å². The predicted molar refractivity (Wildman–Crippen MR) is 119 cm³/mol. The number of benzene rings is 2. The van der Waals surface area contributed by atoms with E-state index in [1.807, 2.05) is 0 Å². The first-order chi connectivity index (χ1) is 15.4. The average molecular weight is 434 g/mol. The molecule has 0 spiro atoms. The summed E-state index contributed by atoms with van der Waals surface area (Å²) in [5.41, 5.74) is 14.0. The third kappa shape index (κ3) is 4.49. The van der Waals surface area contributed by atoms with Crippen molar-refractivity contribution in [2.45, 2.75) is 6.42 Å². The number of nitrogen functional groups attached to an aromatic ring is 2. The van der Waals surface area contributed by atoms with Crippen molar-refractivity contribution in [1.29, 1.82) is 0 Å². The maximum atomic E-state index is 11.3. The molecule has 2 aromatic carbocycles. The molecule has 0 amide bonds. The molecule has 0 atom stereocenters. The zero-order valence-electron chi connectivity index (χ0n) is 17.8. The minimum Gasteiger partial charge on any atom is -0.507 e. The first-order valence-corrected chi connectivity index (χ1v) is 9.40. The topological polar surface area (TPSA) is 143 Å². The molecular formula is C23H22N4O5. The number of phenolic OH excluding ortho intramolecular Hbond substituents is 1. The predicted octanol–water partition coefficient (Wildman–Crippen LogP) is 2.18. The lowest BCUT2D eigenvalue weighted by molar-refractivity contribution is 0.112. The van der Waals surface area contributed by atoms with Crippen LogP contribution in [-0.4, -0.2) is 42.7 Å². The summed E-state index contributed by atoms with van der Waals surface area (Å²) in [5.74, 6) is 7.16. The Morgan fingerprint density at radius 3 is 2.44 bits per heavy atom. The zero-order valence-corrected chi connectivity index (χ0v) is 17.8. The minimum absolute atomic E-state index is 0.0939. The van der Waals surface area contributed by atoms with Crippen molar-refractivity contribution in [2.75, 3.05) is 32.8 Å². The summed E-state index contributed by atoms with van der Waals surface area (Å²) in [6, 6.07) is 6.44. The lowest BCUT2D eigenvalue weighted by Crippen LogP contribution is -2.04. The maximum Gasteiger partial charge on any atom is 0.221 e. The maximum absolute atomic E-state index is 11.3. The van der Waals surface area contributed by atoms with Crippen LogP contribution in [-0.2, 0) is 6.42 Å². The molecule has 9 heteroatoms. The second kappa shape index (κ2) is 9.57. The number of nitrogens with zero attached hydrogens (tertiary/aromatic N) is 2. The second-order valence-electron chi connectivity index (χ2n) is 6.64. The van der Waals surface area contributed by atoms with E-state index in [2.05, 4.69) is 21.8 Å². The van der Waals surface area contributed by atoms with Crippen LogP contribution >= 0.6 is 0 Å². The number of aromatic hydroxyl groups is 1. The molecule has 0 fully saturated rings. The van der Waals surface area contributed by atoms with Gasteiger partial charge in [0.05, 0.1) is 32.5 Å². The van der Waals surface area contributed by atoms with Gasteiger partial charge in [0.1, 0.15) is 22.9 Å². The highest BCUT2D eigenvalue weighted by Gasteiger charge is 2.15. The normalized spacial score (nSPS) is 10.1. The molecule has 0 aliphatic carbocycles. The van der Waals surface area contributed by atoms with Crippen LogP contribution in [0.15, 0.2) is 30.5 Å². The number of hydrogen-bond acceptors (Lipinski definition) is 9. The molecule has 0 radical (unpaired) electrons. The van der Waals surface area contributed by atoms with Crippen molar-refractivity contribution in [1.82, 2.24) is 9.97 Å². The van der Waals surface area contributed by atoms with Crippen molar-refractivity contribution < 1.29 is 24.1 Å². The van der Waals surface area contributed by atoms with Crippen molar-refractivity contribution in [2.24, 2.45) is 0 Å². The standard InChI is InChI=1S/C23H22N4O5/c1-30-19-10-13(9-16-11-26-23(25)27-22(16)24)8-14(21(19)32-3)4-6-17-18(29)7-5-15(12-28)20(17)31-2/h5,7-8,10-12,29H,9H2,1-3H3,(H4,24,25,26,27). The van der Waals surface area contributed by atoms with Crippen LogP contribution in [0.25, 0.3) is 0 Å². The van der Waals surface area contributed by atoms with Crippen LogP contribution in [0.2, 0.25) is 0 Å². The molecule has 0 aliphatic heterocycles. The van der Waals surface area contributed by atoms with Gasteiger partial charge in [0, 0.05) is 18.2 Å². The quantitative estimate of drug-likeness (QED) is 0.393. The van der Waals surface area contributed by atoms with Crippen LogP contribution in [0.4, 0.5) is 11.8 Å². The Kier molecular flexibility index (Phi) is 6.65. The Morgan fingerprint density at radius 1 is 1.06 bits per heavy atom. The number of carbonyl (C=O) groups is 1. The van der Waals surface area contributed by atoms with E-state index in [1.165, 1.54) is 33.5 Å². The van der Waals surface area contributed by atoms with E-state index in [-0.39, 0.29) is 34.4 Å². The smallest absolute Gasteiger partial charge is 0.221 e. The van der Waals surface area contributed by atoms with Gasteiger partial charge in [0.2, 0.25) is 5.95 Å². The summed E-state index contributed by atoms with van der Waals surface area (Å²) in [6.07, 6.45) is 2.59. The average Bonchev–Trinajstić information content (AvgIpc) is 2.79. The minimum atomic E-state index is -0.117. The molecule has 0 bridgehead atoms. The van der Waals surface area contributed by atoms with Crippen LogP contribution in [0.1, 0.15) is 32.6 Å². The Labute approximate surface area is 185 Å². The monoisotopic (exact) mass is 434 g/mol. The highest BCUT2D eigenvalue weighted by molar-refractivity contribution is 5.82. The third-order valence-corrected chi connectivity index (χ3v) is 4.67. The Hall–Kier alpha value is -4.45. The lowest BCUT2D eigenvalue weighted by atomic mass is 10.0. The number of anilines is 2. The van der Waals surface area contributed by atoms with Crippen molar-refractivity contribution in [3.05, 3.63) is 58.3 Å². The molecule has 5 N–H and O–H groups in total. The fourth-order valence-corrected chi connectivity index (χ4v) is 3.16. The molecule has 32 heavy (non-hydrogen) atoms. The Balaban J connectivity index is 2.12. The number of aldehydes is 1. The van der Waals surface area contributed by atoms with Gasteiger partial charge < -0.3 is 30.8 Å². The first-order valence-electron chi connectivity index (χ1n) is 9.40. The van der Waals surface area contributed by atoms with E-state index in [4.69, 9.17) is 25.7 Å². The Bertz CT molecular complexity index is 1230. The molecule has 0 saturated carbocycles. The molecule has 9 nitrogen and oxygen atoms in total. The van der Waals surface area contributed by atoms with Gasteiger partial charge in [-0.2, -0.15) is 4.98 Å². The molecular weight excluding hydrogens is 412 g/mol. The summed E-state index contributed by atoms with van der Waals surface area (Å²) in [4.78, 5) is 19.3. The number of aromatic nitrogens is 2. The summed E-state index contributed by atoms with van der Waals surface area (Å²) in [6.45, 7) is 0. The molecule has 0 unspecified atom stereocenters. The van der Waals surface area contributed by atoms with Crippen LogP contribution < -0.4 is 25.7 Å². The summed E-state index contributed by atoms with van der Waals surface area (Å²) in [5, 5.41) is 10.3. The number of hydrogen-bond donors (Lipinski definition) is 3. The molecule has 1 aromatic heterocycles. The SMILES string of the molecule is COc1cc(Cc2cnc(N)nc2N)cc(C#Cc2c(O)ccc(C=O)c2OC)c1OC. The number of rotatable bonds is 6. The van der Waals surface area contributed by atoms with Crippen molar-refractivity contribution in [3.63, 3.8) is 0 Å². The molecule has 3 rings (SSSR count). The van der Waals surface area contributed by atoms with Crippen LogP contribution in [0.3, 0.4) is 0 Å². The second-order valence-corrected chi connectivity index (χ2v) is 6.64. The van der Waals surface area contributed by atoms with Crippen molar-refractivity contribution in [3.8, 4) is 34.8 Å². The van der Waals surface area contributed by atoms with E-state index < -0.39 is 0 Å². The number of methoxy groups -OCH3 is 3. The van der Waals surface area contributed by atoms with E-state index in [1.54, 1.807) is 18.3 Å². The Morgan fingerprint density at radius 2 is 1.81 bits per heavy atom. The zero-order chi connectivity index (χ0) is 23.3. The molecule has 3 aromatic rings.